The molecule has 0 radical (unpaired) electrons. The van der Waals surface area contributed by atoms with E-state index in [1.165, 1.54) is 30.7 Å². The van der Waals surface area contributed by atoms with Crippen molar-refractivity contribution in [1.29, 1.82) is 0 Å². The first-order valence-electron chi connectivity index (χ1n) is 5.90. The molecule has 2 rings (SSSR count). The second-order valence-corrected chi connectivity index (χ2v) is 4.27. The maximum atomic E-state index is 10.5. The number of nitro groups is 1. The van der Waals surface area contributed by atoms with Gasteiger partial charge in [0.15, 0.2) is 0 Å². The fourth-order valence-electron chi connectivity index (χ4n) is 1.79. The molecule has 0 bridgehead atoms. The molecule has 0 aromatic heterocycles. The quantitative estimate of drug-likeness (QED) is 0.313. The summed E-state index contributed by atoms with van der Waals surface area (Å²) in [6.45, 7) is -0.466. The fraction of sp³-hybridized carbons (Fsp3) is 0.417. The van der Waals surface area contributed by atoms with Crippen LogP contribution in [0.3, 0.4) is 0 Å². The van der Waals surface area contributed by atoms with Gasteiger partial charge in [-0.1, -0.05) is 0 Å². The van der Waals surface area contributed by atoms with Crippen LogP contribution in [0.1, 0.15) is 0 Å². The van der Waals surface area contributed by atoms with Gasteiger partial charge in [0.05, 0.1) is 23.9 Å². The average molecular weight is 468 g/mol. The van der Waals surface area contributed by atoms with Gasteiger partial charge in [0.1, 0.15) is 11.9 Å². The van der Waals surface area contributed by atoms with E-state index in [2.05, 4.69) is 0 Å². The third kappa shape index (κ3) is 4.46. The zero-order valence-electron chi connectivity index (χ0n) is 10.7. The zero-order chi connectivity index (χ0) is 14.7. The number of hydrogen-bond donors (Lipinski definition) is 3. The van der Waals surface area contributed by atoms with Crippen molar-refractivity contribution in [2.45, 2.75) is 24.6 Å². The van der Waals surface area contributed by atoms with Crippen molar-refractivity contribution in [2.75, 3.05) is 6.61 Å². The third-order valence-electron chi connectivity index (χ3n) is 2.87. The number of non-ortho nitro benzene ring substituents is 1. The molecule has 116 valence electrons. The Morgan fingerprint density at radius 3 is 2.48 bits per heavy atom. The van der Waals surface area contributed by atoms with Crippen LogP contribution < -0.4 is 4.74 Å². The van der Waals surface area contributed by atoms with Crippen molar-refractivity contribution in [3.8, 4) is 5.75 Å². The zero-order valence-corrected chi connectivity index (χ0v) is 13.7. The van der Waals surface area contributed by atoms with E-state index in [1.54, 1.807) is 0 Å². The van der Waals surface area contributed by atoms with Gasteiger partial charge in [0.25, 0.3) is 5.69 Å². The van der Waals surface area contributed by atoms with E-state index in [1.807, 2.05) is 0 Å². The molecule has 1 saturated heterocycles. The second kappa shape index (κ2) is 7.81. The molecule has 0 amide bonds. The monoisotopic (exact) mass is 468 g/mol. The number of aliphatic hydroxyl groups excluding tert-OH is 3. The van der Waals surface area contributed by atoms with Crippen LogP contribution in [0.4, 0.5) is 5.69 Å². The van der Waals surface area contributed by atoms with Gasteiger partial charge in [0.2, 0.25) is 0 Å². The summed E-state index contributed by atoms with van der Waals surface area (Å²) in [5.74, 6) is 0.303. The van der Waals surface area contributed by atoms with Crippen LogP contribution >= 0.6 is 0 Å². The van der Waals surface area contributed by atoms with E-state index in [0.29, 0.717) is 5.75 Å². The van der Waals surface area contributed by atoms with Crippen molar-refractivity contribution in [3.05, 3.63) is 40.8 Å². The summed E-state index contributed by atoms with van der Waals surface area (Å²) >= 11 is 0. The molecule has 1 aromatic carbocycles. The number of nitrogens with zero attached hydrogens (tertiary/aromatic N) is 1. The molecule has 4 atom stereocenters. The minimum Gasteiger partial charge on any atom is -0.496 e. The van der Waals surface area contributed by atoms with Crippen molar-refractivity contribution >= 4 is 5.69 Å². The predicted octanol–water partition coefficient (Wildman–Crippen LogP) is -0.386. The normalized spacial score (nSPS) is 28.5. The van der Waals surface area contributed by atoms with Gasteiger partial charge in [-0.3, -0.25) is 10.1 Å². The minimum atomic E-state index is -1.23. The number of hydrogen-bond acceptors (Lipinski definition) is 7. The maximum absolute atomic E-state index is 10.5. The van der Waals surface area contributed by atoms with Crippen LogP contribution in [-0.2, 0) is 25.8 Å². The molecule has 1 aliphatic rings. The maximum Gasteiger partial charge on any atom is 0.269 e. The van der Waals surface area contributed by atoms with Crippen LogP contribution in [0.15, 0.2) is 24.3 Å². The predicted molar refractivity (Wildman–Crippen MR) is 65.8 cm³/mol. The Labute approximate surface area is 134 Å². The molecule has 0 saturated carbocycles. The van der Waals surface area contributed by atoms with Gasteiger partial charge in [-0.15, -0.1) is 0 Å². The fourth-order valence-corrected chi connectivity index (χ4v) is 1.79. The first kappa shape index (κ1) is 18.0. The van der Waals surface area contributed by atoms with Gasteiger partial charge in [-0.05, 0) is 18.2 Å². The molecule has 1 fully saturated rings. The summed E-state index contributed by atoms with van der Waals surface area (Å²) in [5.41, 5.74) is -0.0745. The number of rotatable bonds is 4. The van der Waals surface area contributed by atoms with E-state index >= 15 is 0 Å². The molecule has 9 heteroatoms. The van der Waals surface area contributed by atoms with Crippen LogP contribution in [0, 0.1) is 16.5 Å². The molecule has 1 heterocycles. The Hall–Kier alpha value is -1.05. The summed E-state index contributed by atoms with van der Waals surface area (Å²) in [4.78, 5) is 9.98. The van der Waals surface area contributed by atoms with Gasteiger partial charge in [-0.2, -0.15) is 0 Å². The van der Waals surface area contributed by atoms with Crippen LogP contribution in [-0.4, -0.2) is 51.5 Å². The van der Waals surface area contributed by atoms with Gasteiger partial charge in [-0.25, -0.2) is 6.42 Å². The van der Waals surface area contributed by atoms with Gasteiger partial charge >= 0.3 is 0 Å². The van der Waals surface area contributed by atoms with E-state index in [0.717, 1.165) is 0 Å². The summed E-state index contributed by atoms with van der Waals surface area (Å²) in [5, 5.41) is 38.6. The number of aliphatic hydroxyl groups is 3. The Kier molecular flexibility index (Phi) is 6.70. The van der Waals surface area contributed by atoms with Crippen molar-refractivity contribution in [3.63, 3.8) is 0 Å². The number of nitro benzene ring substituents is 1. The van der Waals surface area contributed by atoms with Gasteiger partial charge in [0, 0.05) is 33.2 Å². The minimum absolute atomic E-state index is 0. The SMILES string of the molecule is O=[N+]([O-])c1ccc(OC2[CH-]C(O)C(O)C(CO)O2)cc1.[W]. The van der Waals surface area contributed by atoms with Gasteiger partial charge < -0.3 is 24.8 Å². The largest absolute Gasteiger partial charge is 0.496 e. The van der Waals surface area contributed by atoms with Crippen molar-refractivity contribution in [2.24, 2.45) is 0 Å². The van der Waals surface area contributed by atoms with Crippen molar-refractivity contribution < 1.29 is 50.8 Å². The first-order valence-corrected chi connectivity index (χ1v) is 5.90. The number of benzene rings is 1. The van der Waals surface area contributed by atoms with E-state index in [9.17, 15) is 20.3 Å². The smallest absolute Gasteiger partial charge is 0.269 e. The molecule has 4 unspecified atom stereocenters. The molecular weight excluding hydrogens is 454 g/mol. The standard InChI is InChI=1S/C12H14NO7.W/c14-6-10-12(16)9(15)5-11(20-10)19-8-3-1-7(2-4-8)13(17)18;/h1-5,9-12,14-16H,6H2;/q-1;. The molecule has 21 heavy (non-hydrogen) atoms. The Morgan fingerprint density at radius 1 is 1.33 bits per heavy atom. The summed E-state index contributed by atoms with van der Waals surface area (Å²) in [7, 11) is 0. The van der Waals surface area contributed by atoms with E-state index in [4.69, 9.17) is 14.6 Å². The Balaban J connectivity index is 0.00000220. The van der Waals surface area contributed by atoms with Crippen LogP contribution in [0.5, 0.6) is 5.75 Å². The molecule has 1 aromatic rings. The van der Waals surface area contributed by atoms with E-state index in [-0.39, 0.29) is 26.8 Å². The van der Waals surface area contributed by atoms with Crippen LogP contribution in [0.25, 0.3) is 0 Å². The van der Waals surface area contributed by atoms with Crippen LogP contribution in [0.2, 0.25) is 0 Å². The summed E-state index contributed by atoms with van der Waals surface area (Å²) in [6, 6.07) is 5.32. The Morgan fingerprint density at radius 2 is 1.95 bits per heavy atom. The topological polar surface area (TPSA) is 122 Å². The molecule has 3 N–H and O–H groups in total. The molecular formula is C12H14NO7W-. The average Bonchev–Trinajstić information content (AvgIpc) is 2.43. The number of ether oxygens (including phenoxy) is 2. The van der Waals surface area contributed by atoms with E-state index < -0.39 is 36.1 Å². The summed E-state index contributed by atoms with van der Waals surface area (Å²) in [6.07, 6.45) is -3.11. The molecule has 0 spiro atoms. The third-order valence-corrected chi connectivity index (χ3v) is 2.87. The molecule has 1 aliphatic heterocycles. The molecule has 0 aliphatic carbocycles. The Bertz CT molecular complexity index is 469. The first-order chi connectivity index (χ1) is 9.51. The summed E-state index contributed by atoms with van der Waals surface area (Å²) < 4.78 is 10.6. The molecule has 8 nitrogen and oxygen atoms in total. The van der Waals surface area contributed by atoms with Crippen molar-refractivity contribution in [1.82, 2.24) is 0 Å². The second-order valence-electron chi connectivity index (χ2n) is 4.27.